The molecule has 2 fully saturated rings. The van der Waals surface area contributed by atoms with Crippen molar-refractivity contribution in [2.24, 2.45) is 10.9 Å². The lowest BCUT2D eigenvalue weighted by atomic mass is 10.1. The largest absolute Gasteiger partial charge is 0.356 e. The topological polar surface area (TPSA) is 85.8 Å². The maximum absolute atomic E-state index is 12.5. The quantitative estimate of drug-likeness (QED) is 0.294. The summed E-state index contributed by atoms with van der Waals surface area (Å²) in [6.45, 7) is 4.87. The van der Waals surface area contributed by atoms with Gasteiger partial charge in [0.15, 0.2) is 5.96 Å². The van der Waals surface area contributed by atoms with Crippen molar-refractivity contribution in [3.63, 3.8) is 0 Å². The van der Waals surface area contributed by atoms with Crippen molar-refractivity contribution >= 4 is 41.8 Å². The lowest BCUT2D eigenvalue weighted by Crippen LogP contribution is -2.46. The van der Waals surface area contributed by atoms with Crippen molar-refractivity contribution in [3.05, 3.63) is 0 Å². The third kappa shape index (κ3) is 7.28. The van der Waals surface area contributed by atoms with Crippen molar-refractivity contribution in [2.45, 2.75) is 57.9 Å². The van der Waals surface area contributed by atoms with Crippen LogP contribution in [0.25, 0.3) is 0 Å². The molecule has 7 nitrogen and oxygen atoms in total. The third-order valence-electron chi connectivity index (χ3n) is 4.99. The number of rotatable bonds is 7. The number of halogens is 1. The van der Waals surface area contributed by atoms with Crippen LogP contribution >= 0.6 is 24.0 Å². The fraction of sp³-hybridized carbons (Fsp3) is 0.833. The van der Waals surface area contributed by atoms with Gasteiger partial charge in [-0.3, -0.25) is 14.6 Å². The lowest BCUT2D eigenvalue weighted by Gasteiger charge is -2.21. The predicted octanol–water partition coefficient (Wildman–Crippen LogP) is 1.48. The molecule has 0 bridgehead atoms. The molecule has 0 aromatic carbocycles. The summed E-state index contributed by atoms with van der Waals surface area (Å²) in [4.78, 5) is 30.3. The second-order valence-corrected chi connectivity index (χ2v) is 6.99. The molecular weight excluding hydrogens is 445 g/mol. The Balaban J connectivity index is 0.00000338. The van der Waals surface area contributed by atoms with Crippen LogP contribution < -0.4 is 16.0 Å². The maximum Gasteiger partial charge on any atom is 0.225 e. The number of amides is 2. The zero-order valence-electron chi connectivity index (χ0n) is 16.1. The Morgan fingerprint density at radius 3 is 2.50 bits per heavy atom. The fourth-order valence-corrected chi connectivity index (χ4v) is 3.54. The molecule has 1 saturated heterocycles. The van der Waals surface area contributed by atoms with E-state index in [9.17, 15) is 9.59 Å². The van der Waals surface area contributed by atoms with E-state index >= 15 is 0 Å². The zero-order valence-corrected chi connectivity index (χ0v) is 18.4. The molecule has 0 spiro atoms. The Kier molecular flexibility index (Phi) is 10.9. The number of aliphatic imine (C=N–C) groups is 1. The molecule has 0 aromatic heterocycles. The monoisotopic (exact) mass is 479 g/mol. The van der Waals surface area contributed by atoms with E-state index in [1.807, 2.05) is 11.8 Å². The lowest BCUT2D eigenvalue weighted by molar-refractivity contribution is -0.134. The summed E-state index contributed by atoms with van der Waals surface area (Å²) in [5, 5.41) is 9.41. The molecule has 1 unspecified atom stereocenters. The van der Waals surface area contributed by atoms with E-state index in [2.05, 4.69) is 20.9 Å². The first-order chi connectivity index (χ1) is 12.1. The highest BCUT2D eigenvalue weighted by Gasteiger charge is 2.32. The minimum Gasteiger partial charge on any atom is -0.356 e. The number of hydrogen-bond acceptors (Lipinski definition) is 3. The highest BCUT2D eigenvalue weighted by Crippen LogP contribution is 2.27. The van der Waals surface area contributed by atoms with E-state index in [0.717, 1.165) is 45.3 Å². The van der Waals surface area contributed by atoms with Gasteiger partial charge in [0.05, 0.1) is 0 Å². The van der Waals surface area contributed by atoms with Gasteiger partial charge in [0, 0.05) is 51.6 Å². The molecule has 1 heterocycles. The summed E-state index contributed by atoms with van der Waals surface area (Å²) in [6.07, 6.45) is 6.80. The first kappa shape index (κ1) is 23.0. The molecule has 2 amide bonds. The summed E-state index contributed by atoms with van der Waals surface area (Å²) in [5.41, 5.74) is 0. The standard InChI is InChI=1S/C18H33N5O2.HI/c1-3-10-20-16(24)8-11-21-18(19-2)22-15-9-12-23(13-15)17(25)14-6-4-5-7-14;/h14-15H,3-13H2,1-2H3,(H,20,24)(H2,19,21,22);1H. The molecule has 2 aliphatic rings. The Morgan fingerprint density at radius 2 is 1.85 bits per heavy atom. The van der Waals surface area contributed by atoms with Gasteiger partial charge in [0.25, 0.3) is 0 Å². The van der Waals surface area contributed by atoms with E-state index in [4.69, 9.17) is 0 Å². The molecule has 3 N–H and O–H groups in total. The molecule has 1 saturated carbocycles. The number of likely N-dealkylation sites (tertiary alicyclic amines) is 1. The van der Waals surface area contributed by atoms with Crippen LogP contribution in [0, 0.1) is 5.92 Å². The van der Waals surface area contributed by atoms with Crippen LogP contribution in [0.1, 0.15) is 51.9 Å². The van der Waals surface area contributed by atoms with Gasteiger partial charge < -0.3 is 20.9 Å². The van der Waals surface area contributed by atoms with E-state index in [1.54, 1.807) is 7.05 Å². The zero-order chi connectivity index (χ0) is 18.1. The normalized spacial score (nSPS) is 20.6. The van der Waals surface area contributed by atoms with Crippen LogP contribution in [0.15, 0.2) is 4.99 Å². The average molecular weight is 479 g/mol. The second-order valence-electron chi connectivity index (χ2n) is 6.99. The molecule has 0 radical (unpaired) electrons. The van der Waals surface area contributed by atoms with Gasteiger partial charge in [-0.25, -0.2) is 0 Å². The van der Waals surface area contributed by atoms with Gasteiger partial charge >= 0.3 is 0 Å². The highest BCUT2D eigenvalue weighted by atomic mass is 127. The molecule has 8 heteroatoms. The minimum absolute atomic E-state index is 0. The summed E-state index contributed by atoms with van der Waals surface area (Å²) in [5.74, 6) is 1.33. The van der Waals surface area contributed by atoms with Gasteiger partial charge in [-0.15, -0.1) is 24.0 Å². The first-order valence-electron chi connectivity index (χ1n) is 9.66. The molecular formula is C18H34IN5O2. The molecule has 26 heavy (non-hydrogen) atoms. The van der Waals surface area contributed by atoms with Crippen LogP contribution in [0.3, 0.4) is 0 Å². The predicted molar refractivity (Wildman–Crippen MR) is 115 cm³/mol. The highest BCUT2D eigenvalue weighted by molar-refractivity contribution is 14.0. The van der Waals surface area contributed by atoms with Crippen molar-refractivity contribution in [3.8, 4) is 0 Å². The van der Waals surface area contributed by atoms with Gasteiger partial charge in [0.1, 0.15) is 0 Å². The number of carbonyl (C=O) groups is 2. The van der Waals surface area contributed by atoms with Crippen molar-refractivity contribution in [1.82, 2.24) is 20.9 Å². The average Bonchev–Trinajstić information content (AvgIpc) is 3.30. The van der Waals surface area contributed by atoms with Gasteiger partial charge in [-0.1, -0.05) is 19.8 Å². The van der Waals surface area contributed by atoms with Gasteiger partial charge in [0.2, 0.25) is 11.8 Å². The molecule has 150 valence electrons. The molecule has 2 rings (SSSR count). The molecule has 0 aromatic rings. The Labute approximate surface area is 174 Å². The van der Waals surface area contributed by atoms with Crippen LogP contribution in [0.2, 0.25) is 0 Å². The second kappa shape index (κ2) is 12.3. The third-order valence-corrected chi connectivity index (χ3v) is 4.99. The number of guanidine groups is 1. The molecule has 1 aliphatic carbocycles. The Morgan fingerprint density at radius 1 is 1.12 bits per heavy atom. The van der Waals surface area contributed by atoms with Gasteiger partial charge in [-0.2, -0.15) is 0 Å². The smallest absolute Gasteiger partial charge is 0.225 e. The summed E-state index contributed by atoms with van der Waals surface area (Å²) in [6, 6.07) is 0.227. The minimum atomic E-state index is 0. The SMILES string of the molecule is CCCNC(=O)CCNC(=NC)NC1CCN(C(=O)C2CCCC2)C1.I. The van der Waals surface area contributed by atoms with Crippen LogP contribution in [-0.2, 0) is 9.59 Å². The van der Waals surface area contributed by atoms with E-state index < -0.39 is 0 Å². The summed E-state index contributed by atoms with van der Waals surface area (Å²) in [7, 11) is 1.73. The number of hydrogen-bond donors (Lipinski definition) is 3. The van der Waals surface area contributed by atoms with Gasteiger partial charge in [-0.05, 0) is 25.7 Å². The molecule has 1 aliphatic heterocycles. The van der Waals surface area contributed by atoms with Crippen molar-refractivity contribution in [1.29, 1.82) is 0 Å². The number of carbonyl (C=O) groups excluding carboxylic acids is 2. The van der Waals surface area contributed by atoms with Crippen molar-refractivity contribution < 1.29 is 9.59 Å². The fourth-order valence-electron chi connectivity index (χ4n) is 3.54. The van der Waals surface area contributed by atoms with E-state index in [1.165, 1.54) is 12.8 Å². The summed E-state index contributed by atoms with van der Waals surface area (Å²) >= 11 is 0. The van der Waals surface area contributed by atoms with Crippen LogP contribution in [0.4, 0.5) is 0 Å². The van der Waals surface area contributed by atoms with Crippen molar-refractivity contribution in [2.75, 3.05) is 33.2 Å². The van der Waals surface area contributed by atoms with E-state index in [-0.39, 0.29) is 41.8 Å². The Hall–Kier alpha value is -1.06. The first-order valence-corrected chi connectivity index (χ1v) is 9.66. The Bertz CT molecular complexity index is 480. The summed E-state index contributed by atoms with van der Waals surface area (Å²) < 4.78 is 0. The number of nitrogens with one attached hydrogen (secondary N) is 3. The van der Waals surface area contributed by atoms with E-state index in [0.29, 0.717) is 24.8 Å². The molecule has 1 atom stereocenters. The van der Waals surface area contributed by atoms with Crippen LogP contribution in [0.5, 0.6) is 0 Å². The number of nitrogens with zero attached hydrogens (tertiary/aromatic N) is 2. The van der Waals surface area contributed by atoms with Crippen LogP contribution in [-0.4, -0.2) is 61.9 Å². The maximum atomic E-state index is 12.5.